The summed E-state index contributed by atoms with van der Waals surface area (Å²) >= 11 is 0. The van der Waals surface area contributed by atoms with Crippen molar-refractivity contribution < 1.29 is 14.6 Å². The second kappa shape index (κ2) is 4.57. The van der Waals surface area contributed by atoms with Crippen molar-refractivity contribution in [3.63, 3.8) is 0 Å². The maximum atomic E-state index is 10.1. The zero-order valence-electron chi connectivity index (χ0n) is 8.50. The van der Waals surface area contributed by atoms with E-state index in [9.17, 15) is 5.11 Å². The molecule has 82 valence electrons. The third kappa shape index (κ3) is 2.67. The quantitative estimate of drug-likeness (QED) is 0.629. The molecule has 0 aromatic heterocycles. The Balaban J connectivity index is 1.81. The molecule has 0 saturated carbocycles. The lowest BCUT2D eigenvalue weighted by Gasteiger charge is -2.36. The van der Waals surface area contributed by atoms with E-state index in [0.717, 1.165) is 25.9 Å². The first-order valence-electron chi connectivity index (χ1n) is 5.47. The van der Waals surface area contributed by atoms with Crippen LogP contribution in [0.5, 0.6) is 0 Å². The molecule has 0 aliphatic carbocycles. The fraction of sp³-hybridized carbons (Fsp3) is 1.00. The van der Waals surface area contributed by atoms with Crippen LogP contribution in [0.25, 0.3) is 0 Å². The third-order valence-electron chi connectivity index (χ3n) is 2.95. The van der Waals surface area contributed by atoms with Gasteiger partial charge in [0.25, 0.3) is 0 Å². The first-order chi connectivity index (χ1) is 6.79. The Kier molecular flexibility index (Phi) is 3.38. The van der Waals surface area contributed by atoms with E-state index < -0.39 is 5.79 Å². The Hall–Kier alpha value is -0.160. The van der Waals surface area contributed by atoms with E-state index in [1.807, 2.05) is 0 Å². The molecule has 0 amide bonds. The van der Waals surface area contributed by atoms with Gasteiger partial charge in [-0.2, -0.15) is 0 Å². The first-order valence-corrected chi connectivity index (χ1v) is 5.47. The Bertz CT molecular complexity index is 174. The van der Waals surface area contributed by atoms with E-state index in [1.54, 1.807) is 0 Å². The van der Waals surface area contributed by atoms with Crippen molar-refractivity contribution in [2.45, 2.75) is 37.6 Å². The van der Waals surface area contributed by atoms with Crippen molar-refractivity contribution in [3.05, 3.63) is 0 Å². The van der Waals surface area contributed by atoms with Gasteiger partial charge in [0.15, 0.2) is 5.79 Å². The van der Waals surface area contributed by atoms with Gasteiger partial charge in [0.05, 0.1) is 19.3 Å². The number of hydrogen-bond donors (Lipinski definition) is 2. The number of nitrogens with one attached hydrogen (secondary N) is 1. The lowest BCUT2D eigenvalue weighted by atomic mass is 10.1. The summed E-state index contributed by atoms with van der Waals surface area (Å²) in [5.41, 5.74) is 0. The Morgan fingerprint density at radius 3 is 2.50 bits per heavy atom. The molecule has 4 nitrogen and oxygen atoms in total. The molecule has 0 aromatic carbocycles. The van der Waals surface area contributed by atoms with E-state index in [2.05, 4.69) is 5.32 Å². The van der Waals surface area contributed by atoms with Crippen LogP contribution >= 0.6 is 0 Å². The molecule has 2 saturated heterocycles. The van der Waals surface area contributed by atoms with Crippen LogP contribution in [0.4, 0.5) is 0 Å². The van der Waals surface area contributed by atoms with E-state index in [-0.39, 0.29) is 6.10 Å². The highest BCUT2D eigenvalue weighted by atomic mass is 16.6. The zero-order chi connectivity index (χ0) is 9.86. The molecule has 0 aromatic rings. The minimum Gasteiger partial charge on any atom is -0.381 e. The number of hydrogen-bond acceptors (Lipinski definition) is 4. The van der Waals surface area contributed by atoms with Gasteiger partial charge in [-0.05, 0) is 25.9 Å². The molecular formula is C10H19NO3. The summed E-state index contributed by atoms with van der Waals surface area (Å²) in [5, 5.41) is 13.4. The van der Waals surface area contributed by atoms with Crippen molar-refractivity contribution >= 4 is 0 Å². The molecule has 0 spiro atoms. The average molecular weight is 201 g/mol. The molecule has 2 N–H and O–H groups in total. The van der Waals surface area contributed by atoms with E-state index in [4.69, 9.17) is 9.47 Å². The minimum absolute atomic E-state index is 0.222. The summed E-state index contributed by atoms with van der Waals surface area (Å²) in [4.78, 5) is 0. The molecule has 2 aliphatic heterocycles. The monoisotopic (exact) mass is 201 g/mol. The predicted molar refractivity (Wildman–Crippen MR) is 52.0 cm³/mol. The Morgan fingerprint density at radius 2 is 1.86 bits per heavy atom. The molecule has 14 heavy (non-hydrogen) atoms. The lowest BCUT2D eigenvalue weighted by molar-refractivity contribution is -0.264. The van der Waals surface area contributed by atoms with Gasteiger partial charge >= 0.3 is 0 Å². The summed E-state index contributed by atoms with van der Waals surface area (Å²) in [5.74, 6) is -0.916. The lowest BCUT2D eigenvalue weighted by Crippen LogP contribution is -2.44. The van der Waals surface area contributed by atoms with Crippen LogP contribution in [-0.2, 0) is 9.47 Å². The smallest absolute Gasteiger partial charge is 0.170 e. The maximum Gasteiger partial charge on any atom is 0.170 e. The SMILES string of the molecule is OC1(OC2CCNCC2)CCOCC1. The second-order valence-corrected chi connectivity index (χ2v) is 4.13. The van der Waals surface area contributed by atoms with Crippen LogP contribution in [0.3, 0.4) is 0 Å². The van der Waals surface area contributed by atoms with Crippen LogP contribution in [0.15, 0.2) is 0 Å². The van der Waals surface area contributed by atoms with Crippen molar-refractivity contribution in [1.29, 1.82) is 0 Å². The normalized spacial score (nSPS) is 28.9. The topological polar surface area (TPSA) is 50.7 Å². The van der Waals surface area contributed by atoms with Gasteiger partial charge in [-0.1, -0.05) is 0 Å². The van der Waals surface area contributed by atoms with E-state index >= 15 is 0 Å². The van der Waals surface area contributed by atoms with E-state index in [1.165, 1.54) is 0 Å². The van der Waals surface area contributed by atoms with Gasteiger partial charge in [0.2, 0.25) is 0 Å². The summed E-state index contributed by atoms with van der Waals surface area (Å²) in [6.07, 6.45) is 3.44. The molecular weight excluding hydrogens is 182 g/mol. The summed E-state index contributed by atoms with van der Waals surface area (Å²) in [6.45, 7) is 3.22. The van der Waals surface area contributed by atoms with E-state index in [0.29, 0.717) is 26.1 Å². The Labute approximate surface area is 84.6 Å². The number of aliphatic hydroxyl groups is 1. The van der Waals surface area contributed by atoms with Crippen LogP contribution in [0.2, 0.25) is 0 Å². The number of ether oxygens (including phenoxy) is 2. The molecule has 0 radical (unpaired) electrons. The van der Waals surface area contributed by atoms with Crippen molar-refractivity contribution in [2.75, 3.05) is 26.3 Å². The van der Waals surface area contributed by atoms with Crippen molar-refractivity contribution in [3.8, 4) is 0 Å². The Morgan fingerprint density at radius 1 is 1.21 bits per heavy atom. The molecule has 0 unspecified atom stereocenters. The van der Waals surface area contributed by atoms with Gasteiger partial charge in [-0.3, -0.25) is 0 Å². The van der Waals surface area contributed by atoms with Gasteiger partial charge in [0.1, 0.15) is 0 Å². The van der Waals surface area contributed by atoms with Crippen LogP contribution in [0, 0.1) is 0 Å². The predicted octanol–water partition coefficient (Wildman–Crippen LogP) is 0.254. The van der Waals surface area contributed by atoms with Gasteiger partial charge in [-0.15, -0.1) is 0 Å². The molecule has 4 heteroatoms. The van der Waals surface area contributed by atoms with Gasteiger partial charge in [-0.25, -0.2) is 0 Å². The largest absolute Gasteiger partial charge is 0.381 e. The van der Waals surface area contributed by atoms with Crippen molar-refractivity contribution in [1.82, 2.24) is 5.32 Å². The molecule has 0 atom stereocenters. The molecule has 2 fully saturated rings. The van der Waals surface area contributed by atoms with Gasteiger partial charge in [0, 0.05) is 12.8 Å². The summed E-state index contributed by atoms with van der Waals surface area (Å²) in [6, 6.07) is 0. The minimum atomic E-state index is -0.916. The summed E-state index contributed by atoms with van der Waals surface area (Å²) in [7, 11) is 0. The van der Waals surface area contributed by atoms with Gasteiger partial charge < -0.3 is 19.9 Å². The molecule has 0 bridgehead atoms. The van der Waals surface area contributed by atoms with Crippen molar-refractivity contribution in [2.24, 2.45) is 0 Å². The average Bonchev–Trinajstić information content (AvgIpc) is 2.19. The standard InChI is InChI=1S/C10H19NO3/c12-10(3-7-13-8-4-10)14-9-1-5-11-6-2-9/h9,11-12H,1-8H2. The van der Waals surface area contributed by atoms with Crippen LogP contribution in [-0.4, -0.2) is 43.3 Å². The fourth-order valence-corrected chi connectivity index (χ4v) is 2.03. The van der Waals surface area contributed by atoms with Crippen LogP contribution in [0.1, 0.15) is 25.7 Å². The first kappa shape index (κ1) is 10.4. The number of rotatable bonds is 2. The third-order valence-corrected chi connectivity index (χ3v) is 2.95. The summed E-state index contributed by atoms with van der Waals surface area (Å²) < 4.78 is 11.0. The van der Waals surface area contributed by atoms with Crippen LogP contribution < -0.4 is 5.32 Å². The highest BCUT2D eigenvalue weighted by Gasteiger charge is 2.33. The molecule has 2 aliphatic rings. The molecule has 2 heterocycles. The zero-order valence-corrected chi connectivity index (χ0v) is 8.50. The maximum absolute atomic E-state index is 10.1. The second-order valence-electron chi connectivity index (χ2n) is 4.13. The fourth-order valence-electron chi connectivity index (χ4n) is 2.03. The highest BCUT2D eigenvalue weighted by molar-refractivity contribution is 4.76. The highest BCUT2D eigenvalue weighted by Crippen LogP contribution is 2.25. The number of piperidine rings is 1. The molecule has 2 rings (SSSR count).